The van der Waals surface area contributed by atoms with Crippen molar-refractivity contribution in [1.29, 1.82) is 0 Å². The molecule has 1 unspecified atom stereocenters. The molecule has 3 rings (SSSR count). The highest BCUT2D eigenvalue weighted by Crippen LogP contribution is 2.26. The van der Waals surface area contributed by atoms with Gasteiger partial charge in [-0.25, -0.2) is 0 Å². The van der Waals surface area contributed by atoms with E-state index in [1.54, 1.807) is 19.2 Å². The summed E-state index contributed by atoms with van der Waals surface area (Å²) in [4.78, 5) is 32.8. The molecule has 1 fully saturated rings. The molecule has 6 nitrogen and oxygen atoms in total. The van der Waals surface area contributed by atoms with Crippen LogP contribution in [0.25, 0.3) is 0 Å². The Balaban J connectivity index is 1.85. The van der Waals surface area contributed by atoms with Crippen LogP contribution in [0.4, 0.5) is 0 Å². The second-order valence-electron chi connectivity index (χ2n) is 6.20. The van der Waals surface area contributed by atoms with Crippen LogP contribution >= 0.6 is 0 Å². The van der Waals surface area contributed by atoms with Gasteiger partial charge >= 0.3 is 0 Å². The molecule has 25 heavy (non-hydrogen) atoms. The fourth-order valence-corrected chi connectivity index (χ4v) is 3.07. The number of aromatic nitrogens is 1. The van der Waals surface area contributed by atoms with Crippen LogP contribution in [-0.4, -0.2) is 60.3 Å². The standard InChI is InChI=1S/C19H22N4O2/c1-20-18(24)16-9-8-15(12-21-16)19(25)23-11-10-22(2)13-17(23)14-6-4-3-5-7-14/h3-9,12,17H,10-11,13H2,1-2H3,(H,20,24). The van der Waals surface area contributed by atoms with E-state index in [9.17, 15) is 9.59 Å². The summed E-state index contributed by atoms with van der Waals surface area (Å²) in [6.07, 6.45) is 1.48. The number of amides is 2. The fraction of sp³-hybridized carbons (Fsp3) is 0.316. The molecule has 0 spiro atoms. The Morgan fingerprint density at radius 1 is 1.12 bits per heavy atom. The Kier molecular flexibility index (Phi) is 5.09. The molecule has 0 radical (unpaired) electrons. The first-order chi connectivity index (χ1) is 12.1. The molecule has 1 atom stereocenters. The van der Waals surface area contributed by atoms with Crippen molar-refractivity contribution in [3.8, 4) is 0 Å². The second-order valence-corrected chi connectivity index (χ2v) is 6.20. The minimum atomic E-state index is -0.263. The van der Waals surface area contributed by atoms with E-state index in [0.29, 0.717) is 17.8 Å². The molecule has 1 aromatic heterocycles. The monoisotopic (exact) mass is 338 g/mol. The van der Waals surface area contributed by atoms with Crippen molar-refractivity contribution < 1.29 is 9.59 Å². The summed E-state index contributed by atoms with van der Waals surface area (Å²) >= 11 is 0. The highest BCUT2D eigenvalue weighted by Gasteiger charge is 2.30. The summed E-state index contributed by atoms with van der Waals surface area (Å²) in [5.41, 5.74) is 1.92. The number of hydrogen-bond donors (Lipinski definition) is 1. The first-order valence-electron chi connectivity index (χ1n) is 8.32. The van der Waals surface area contributed by atoms with E-state index < -0.39 is 0 Å². The maximum absolute atomic E-state index is 13.0. The van der Waals surface area contributed by atoms with Gasteiger partial charge in [0.05, 0.1) is 11.6 Å². The van der Waals surface area contributed by atoms with Crippen molar-refractivity contribution in [2.45, 2.75) is 6.04 Å². The van der Waals surface area contributed by atoms with Crippen molar-refractivity contribution >= 4 is 11.8 Å². The van der Waals surface area contributed by atoms with Crippen molar-refractivity contribution in [2.24, 2.45) is 0 Å². The Labute approximate surface area is 147 Å². The van der Waals surface area contributed by atoms with Gasteiger partial charge in [-0.1, -0.05) is 30.3 Å². The van der Waals surface area contributed by atoms with Crippen LogP contribution in [0.15, 0.2) is 48.7 Å². The average molecular weight is 338 g/mol. The first kappa shape index (κ1) is 17.1. The summed E-state index contributed by atoms with van der Waals surface area (Å²) in [6.45, 7) is 2.28. The molecule has 0 saturated carbocycles. The van der Waals surface area contributed by atoms with Crippen molar-refractivity contribution in [1.82, 2.24) is 20.1 Å². The second kappa shape index (κ2) is 7.44. The van der Waals surface area contributed by atoms with Gasteiger partial charge < -0.3 is 15.1 Å². The largest absolute Gasteiger partial charge is 0.354 e. The number of nitrogens with one attached hydrogen (secondary N) is 1. The van der Waals surface area contributed by atoms with Crippen LogP contribution in [0.3, 0.4) is 0 Å². The van der Waals surface area contributed by atoms with Crippen molar-refractivity contribution in [3.63, 3.8) is 0 Å². The number of rotatable bonds is 3. The molecule has 130 valence electrons. The Bertz CT molecular complexity index is 746. The molecule has 1 aliphatic heterocycles. The molecular formula is C19H22N4O2. The van der Waals surface area contributed by atoms with E-state index in [1.165, 1.54) is 6.20 Å². The number of nitrogens with zero attached hydrogens (tertiary/aromatic N) is 3. The van der Waals surface area contributed by atoms with Gasteiger partial charge in [-0.2, -0.15) is 0 Å². The lowest BCUT2D eigenvalue weighted by Gasteiger charge is -2.40. The number of carbonyl (C=O) groups excluding carboxylic acids is 2. The Morgan fingerprint density at radius 3 is 2.52 bits per heavy atom. The zero-order valence-electron chi connectivity index (χ0n) is 14.5. The summed E-state index contributed by atoms with van der Waals surface area (Å²) in [5, 5.41) is 2.52. The molecule has 0 aliphatic carbocycles. The highest BCUT2D eigenvalue weighted by atomic mass is 16.2. The third kappa shape index (κ3) is 3.69. The average Bonchev–Trinajstić information content (AvgIpc) is 2.67. The third-order valence-corrected chi connectivity index (χ3v) is 4.50. The molecule has 6 heteroatoms. The Morgan fingerprint density at radius 2 is 1.88 bits per heavy atom. The zero-order chi connectivity index (χ0) is 17.8. The Hall–Kier alpha value is -2.73. The lowest BCUT2D eigenvalue weighted by atomic mass is 10.0. The number of benzene rings is 1. The minimum absolute atomic E-state index is 0.00562. The van der Waals surface area contributed by atoms with Crippen LogP contribution < -0.4 is 5.32 Å². The molecule has 2 aromatic rings. The first-order valence-corrected chi connectivity index (χ1v) is 8.32. The molecule has 2 amide bonds. The predicted octanol–water partition coefficient (Wildman–Crippen LogP) is 1.57. The maximum Gasteiger partial charge on any atom is 0.269 e. The summed E-state index contributed by atoms with van der Waals surface area (Å²) in [6, 6.07) is 13.3. The van der Waals surface area contributed by atoms with Gasteiger partial charge in [0.15, 0.2) is 0 Å². The van der Waals surface area contributed by atoms with E-state index in [4.69, 9.17) is 0 Å². The number of carbonyl (C=O) groups is 2. The van der Waals surface area contributed by atoms with E-state index in [2.05, 4.69) is 34.4 Å². The number of likely N-dealkylation sites (N-methyl/N-ethyl adjacent to an activating group) is 1. The van der Waals surface area contributed by atoms with E-state index in [1.807, 2.05) is 23.1 Å². The lowest BCUT2D eigenvalue weighted by Crippen LogP contribution is -2.49. The normalized spacial score (nSPS) is 18.0. The smallest absolute Gasteiger partial charge is 0.269 e. The van der Waals surface area contributed by atoms with Crippen LogP contribution in [0.1, 0.15) is 32.5 Å². The molecule has 0 bridgehead atoms. The van der Waals surface area contributed by atoms with Crippen molar-refractivity contribution in [2.75, 3.05) is 33.7 Å². The van der Waals surface area contributed by atoms with Gasteiger partial charge in [0.2, 0.25) is 0 Å². The van der Waals surface area contributed by atoms with Gasteiger partial charge in [-0.15, -0.1) is 0 Å². The van der Waals surface area contributed by atoms with E-state index in [0.717, 1.165) is 18.7 Å². The third-order valence-electron chi connectivity index (χ3n) is 4.50. The van der Waals surface area contributed by atoms with Gasteiger partial charge in [0, 0.05) is 32.9 Å². The molecule has 2 heterocycles. The maximum atomic E-state index is 13.0. The molecule has 1 N–H and O–H groups in total. The summed E-state index contributed by atoms with van der Waals surface area (Å²) in [7, 11) is 3.62. The summed E-state index contributed by atoms with van der Waals surface area (Å²) in [5.74, 6) is -0.321. The van der Waals surface area contributed by atoms with Crippen LogP contribution in [0, 0.1) is 0 Å². The highest BCUT2D eigenvalue weighted by molar-refractivity contribution is 5.96. The quantitative estimate of drug-likeness (QED) is 0.923. The number of hydrogen-bond acceptors (Lipinski definition) is 4. The van der Waals surface area contributed by atoms with Gasteiger partial charge in [0.1, 0.15) is 5.69 Å². The fourth-order valence-electron chi connectivity index (χ4n) is 3.07. The molecule has 1 saturated heterocycles. The van der Waals surface area contributed by atoms with E-state index in [-0.39, 0.29) is 17.9 Å². The topological polar surface area (TPSA) is 65.5 Å². The van der Waals surface area contributed by atoms with Crippen LogP contribution in [0.2, 0.25) is 0 Å². The minimum Gasteiger partial charge on any atom is -0.354 e. The SMILES string of the molecule is CNC(=O)c1ccc(C(=O)N2CCN(C)CC2c2ccccc2)cn1. The zero-order valence-corrected chi connectivity index (χ0v) is 14.5. The van der Waals surface area contributed by atoms with E-state index >= 15 is 0 Å². The molecule has 1 aliphatic rings. The van der Waals surface area contributed by atoms with Gasteiger partial charge in [-0.05, 0) is 24.7 Å². The lowest BCUT2D eigenvalue weighted by molar-refractivity contribution is 0.0497. The molecular weight excluding hydrogens is 316 g/mol. The van der Waals surface area contributed by atoms with Gasteiger partial charge in [0.25, 0.3) is 11.8 Å². The van der Waals surface area contributed by atoms with Crippen LogP contribution in [-0.2, 0) is 0 Å². The molecule has 1 aromatic carbocycles. The number of piperazine rings is 1. The van der Waals surface area contributed by atoms with Gasteiger partial charge in [-0.3, -0.25) is 14.6 Å². The van der Waals surface area contributed by atoms with Crippen LogP contribution in [0.5, 0.6) is 0 Å². The predicted molar refractivity (Wildman–Crippen MR) is 95.3 cm³/mol. The van der Waals surface area contributed by atoms with Crippen molar-refractivity contribution in [3.05, 3.63) is 65.5 Å². The number of pyridine rings is 1. The summed E-state index contributed by atoms with van der Waals surface area (Å²) < 4.78 is 0.